The highest BCUT2D eigenvalue weighted by molar-refractivity contribution is 5.91. The normalized spacial score (nSPS) is 11.3. The quantitative estimate of drug-likeness (QED) is 0.710. The topological polar surface area (TPSA) is 60.1 Å². The van der Waals surface area contributed by atoms with E-state index < -0.39 is 0 Å². The zero-order valence-electron chi connectivity index (χ0n) is 13.0. The first-order chi connectivity index (χ1) is 11.3. The molecule has 0 aliphatic carbocycles. The Hall–Kier alpha value is -2.82. The molecule has 0 spiro atoms. The Kier molecular flexibility index (Phi) is 4.57. The van der Waals surface area contributed by atoms with Gasteiger partial charge in [-0.15, -0.1) is 0 Å². The molecule has 23 heavy (non-hydrogen) atoms. The lowest BCUT2D eigenvalue weighted by Gasteiger charge is -2.04. The minimum absolute atomic E-state index is 0.155. The summed E-state index contributed by atoms with van der Waals surface area (Å²) in [4.78, 5) is 16.2. The summed E-state index contributed by atoms with van der Waals surface area (Å²) in [5.41, 5.74) is 3.11. The number of imidazole rings is 1. The first-order valence-electron chi connectivity index (χ1n) is 7.69. The van der Waals surface area contributed by atoms with Crippen molar-refractivity contribution in [1.82, 2.24) is 14.9 Å². The second-order valence-electron chi connectivity index (χ2n) is 5.33. The predicted molar refractivity (Wildman–Crippen MR) is 89.6 cm³/mol. The third-order valence-corrected chi connectivity index (χ3v) is 3.56. The van der Waals surface area contributed by atoms with Crippen LogP contribution in [0.15, 0.2) is 53.4 Å². The van der Waals surface area contributed by atoms with Crippen molar-refractivity contribution in [2.24, 2.45) is 0 Å². The first-order valence-corrected chi connectivity index (χ1v) is 7.69. The van der Waals surface area contributed by atoms with Gasteiger partial charge in [0.2, 0.25) is 5.91 Å². The minimum atomic E-state index is -0.155. The minimum Gasteiger partial charge on any atom is -0.465 e. The summed E-state index contributed by atoms with van der Waals surface area (Å²) in [7, 11) is 0. The number of nitrogens with zero attached hydrogens (tertiary/aromatic N) is 2. The lowest BCUT2D eigenvalue weighted by molar-refractivity contribution is -0.116. The molecule has 0 aliphatic heterocycles. The number of nitrogens with one attached hydrogen (secondary N) is 1. The maximum Gasteiger partial charge on any atom is 0.244 e. The Morgan fingerprint density at radius 3 is 3.09 bits per heavy atom. The van der Waals surface area contributed by atoms with Crippen molar-refractivity contribution in [3.8, 4) is 0 Å². The van der Waals surface area contributed by atoms with E-state index in [0.717, 1.165) is 29.6 Å². The van der Waals surface area contributed by atoms with Crippen molar-refractivity contribution in [3.05, 3.63) is 60.3 Å². The second-order valence-corrected chi connectivity index (χ2v) is 5.33. The van der Waals surface area contributed by atoms with E-state index >= 15 is 0 Å². The maximum absolute atomic E-state index is 11.8. The average molecular weight is 309 g/mol. The van der Waals surface area contributed by atoms with Gasteiger partial charge in [-0.3, -0.25) is 4.79 Å². The van der Waals surface area contributed by atoms with E-state index in [1.165, 1.54) is 6.08 Å². The van der Waals surface area contributed by atoms with Gasteiger partial charge < -0.3 is 14.3 Å². The number of aromatic nitrogens is 2. The van der Waals surface area contributed by atoms with Gasteiger partial charge in [0, 0.05) is 19.2 Å². The maximum atomic E-state index is 11.8. The standard InChI is InChI=1S/C18H19N3O2/c1-2-9-21-13-20-16-11-14(5-7-17(16)21)12-19-18(22)8-6-15-4-3-10-23-15/h3-8,10-11,13H,2,9,12H2,1H3,(H,19,22)/b8-6+. The number of carbonyl (C=O) groups is 1. The molecule has 3 aromatic rings. The molecule has 2 heterocycles. The Morgan fingerprint density at radius 2 is 2.30 bits per heavy atom. The largest absolute Gasteiger partial charge is 0.465 e. The Labute approximate surface area is 134 Å². The van der Waals surface area contributed by atoms with Gasteiger partial charge in [-0.05, 0) is 42.3 Å². The lowest BCUT2D eigenvalue weighted by Crippen LogP contribution is -2.20. The molecule has 0 radical (unpaired) electrons. The molecule has 0 aliphatic rings. The van der Waals surface area contributed by atoms with E-state index in [1.54, 1.807) is 24.5 Å². The molecule has 1 aromatic carbocycles. The smallest absolute Gasteiger partial charge is 0.244 e. The zero-order valence-corrected chi connectivity index (χ0v) is 13.0. The number of aryl methyl sites for hydroxylation is 1. The summed E-state index contributed by atoms with van der Waals surface area (Å²) in [6.07, 6.45) is 7.62. The highest BCUT2D eigenvalue weighted by Gasteiger charge is 2.04. The van der Waals surface area contributed by atoms with Crippen molar-refractivity contribution in [1.29, 1.82) is 0 Å². The van der Waals surface area contributed by atoms with Crippen molar-refractivity contribution < 1.29 is 9.21 Å². The number of hydrogen-bond acceptors (Lipinski definition) is 3. The number of rotatable bonds is 6. The summed E-state index contributed by atoms with van der Waals surface area (Å²) in [5, 5.41) is 2.86. The fourth-order valence-corrected chi connectivity index (χ4v) is 2.43. The molecule has 0 unspecified atom stereocenters. The SMILES string of the molecule is CCCn1cnc2cc(CNC(=O)/C=C/c3ccco3)ccc21. The number of hydrogen-bond donors (Lipinski definition) is 1. The van der Waals surface area contributed by atoms with Crippen molar-refractivity contribution >= 4 is 23.0 Å². The van der Waals surface area contributed by atoms with Crippen molar-refractivity contribution in [2.75, 3.05) is 0 Å². The molecule has 118 valence electrons. The molecule has 1 amide bonds. The van der Waals surface area contributed by atoms with E-state index in [1.807, 2.05) is 18.5 Å². The third kappa shape index (κ3) is 3.69. The van der Waals surface area contributed by atoms with Crippen LogP contribution in [0.25, 0.3) is 17.1 Å². The van der Waals surface area contributed by atoms with Crippen LogP contribution in [-0.4, -0.2) is 15.5 Å². The Bertz CT molecular complexity index is 816. The number of carbonyl (C=O) groups excluding carboxylic acids is 1. The van der Waals surface area contributed by atoms with Crippen LogP contribution in [-0.2, 0) is 17.9 Å². The molecule has 0 saturated carbocycles. The van der Waals surface area contributed by atoms with E-state index in [4.69, 9.17) is 4.42 Å². The van der Waals surface area contributed by atoms with E-state index in [2.05, 4.69) is 27.9 Å². The van der Waals surface area contributed by atoms with Gasteiger partial charge >= 0.3 is 0 Å². The van der Waals surface area contributed by atoms with E-state index in [0.29, 0.717) is 12.3 Å². The average Bonchev–Trinajstić information content (AvgIpc) is 3.21. The Morgan fingerprint density at radius 1 is 1.39 bits per heavy atom. The van der Waals surface area contributed by atoms with Crippen LogP contribution in [0.4, 0.5) is 0 Å². The molecule has 0 atom stereocenters. The van der Waals surface area contributed by atoms with Gasteiger partial charge in [0.05, 0.1) is 23.6 Å². The van der Waals surface area contributed by atoms with Crippen LogP contribution in [0.2, 0.25) is 0 Å². The molecule has 0 saturated heterocycles. The summed E-state index contributed by atoms with van der Waals surface area (Å²) in [5.74, 6) is 0.501. The number of fused-ring (bicyclic) bond motifs is 1. The lowest BCUT2D eigenvalue weighted by atomic mass is 10.2. The van der Waals surface area contributed by atoms with E-state index in [-0.39, 0.29) is 5.91 Å². The molecule has 5 nitrogen and oxygen atoms in total. The van der Waals surface area contributed by atoms with Gasteiger partial charge in [-0.2, -0.15) is 0 Å². The van der Waals surface area contributed by atoms with Crippen molar-refractivity contribution in [3.63, 3.8) is 0 Å². The van der Waals surface area contributed by atoms with Crippen LogP contribution < -0.4 is 5.32 Å². The molecule has 5 heteroatoms. The third-order valence-electron chi connectivity index (χ3n) is 3.56. The molecule has 0 bridgehead atoms. The van der Waals surface area contributed by atoms with E-state index in [9.17, 15) is 4.79 Å². The fraction of sp³-hybridized carbons (Fsp3) is 0.222. The molecule has 0 fully saturated rings. The van der Waals surface area contributed by atoms with Gasteiger partial charge in [-0.25, -0.2) is 4.98 Å². The predicted octanol–water partition coefficient (Wildman–Crippen LogP) is 3.37. The van der Waals surface area contributed by atoms with Crippen LogP contribution in [0.1, 0.15) is 24.7 Å². The zero-order chi connectivity index (χ0) is 16.1. The van der Waals surface area contributed by atoms with Crippen LogP contribution in [0, 0.1) is 0 Å². The molecule has 3 rings (SSSR count). The van der Waals surface area contributed by atoms with Crippen molar-refractivity contribution in [2.45, 2.75) is 26.4 Å². The monoisotopic (exact) mass is 309 g/mol. The summed E-state index contributed by atoms with van der Waals surface area (Å²) in [6.45, 7) is 3.58. The van der Waals surface area contributed by atoms with Gasteiger partial charge in [-0.1, -0.05) is 13.0 Å². The summed E-state index contributed by atoms with van der Waals surface area (Å²) in [6, 6.07) is 9.66. The number of amides is 1. The van der Waals surface area contributed by atoms with Crippen LogP contribution in [0.5, 0.6) is 0 Å². The fourth-order valence-electron chi connectivity index (χ4n) is 2.43. The summed E-state index contributed by atoms with van der Waals surface area (Å²) < 4.78 is 7.28. The number of benzene rings is 1. The van der Waals surface area contributed by atoms with Gasteiger partial charge in [0.15, 0.2) is 0 Å². The van der Waals surface area contributed by atoms with Gasteiger partial charge in [0.25, 0.3) is 0 Å². The highest BCUT2D eigenvalue weighted by atomic mass is 16.3. The Balaban J connectivity index is 1.61. The molecule has 2 aromatic heterocycles. The van der Waals surface area contributed by atoms with Crippen LogP contribution in [0.3, 0.4) is 0 Å². The van der Waals surface area contributed by atoms with Crippen LogP contribution >= 0.6 is 0 Å². The highest BCUT2D eigenvalue weighted by Crippen LogP contribution is 2.15. The summed E-state index contributed by atoms with van der Waals surface area (Å²) >= 11 is 0. The first kappa shape index (κ1) is 15.1. The molecule has 1 N–H and O–H groups in total. The molecular formula is C18H19N3O2. The second kappa shape index (κ2) is 6.96. The number of furan rings is 1. The van der Waals surface area contributed by atoms with Gasteiger partial charge in [0.1, 0.15) is 5.76 Å². The molecular weight excluding hydrogens is 290 g/mol.